The SMILES string of the molecule is CCc1ccccc1C(=O)C1CC2CCCC(C1)N2. The number of aryl methyl sites for hydroxylation is 1. The van der Waals surface area contributed by atoms with Crippen molar-refractivity contribution in [1.82, 2.24) is 5.32 Å². The fourth-order valence-corrected chi connectivity index (χ4v) is 3.77. The average Bonchev–Trinajstić information content (AvgIpc) is 2.46. The Balaban J connectivity index is 1.80. The standard InChI is InChI=1S/C17H23NO/c1-2-12-6-3-4-9-16(12)17(19)13-10-14-7-5-8-15(11-13)18-14/h3-4,6,9,13-15,18H,2,5,7-8,10-11H2,1H3. The van der Waals surface area contributed by atoms with E-state index < -0.39 is 0 Å². The van der Waals surface area contributed by atoms with E-state index in [0.29, 0.717) is 17.9 Å². The fourth-order valence-electron chi connectivity index (χ4n) is 3.77. The van der Waals surface area contributed by atoms with Gasteiger partial charge in [-0.3, -0.25) is 4.79 Å². The Morgan fingerprint density at radius 3 is 2.58 bits per heavy atom. The molecule has 2 nitrogen and oxygen atoms in total. The first-order valence-corrected chi connectivity index (χ1v) is 7.66. The van der Waals surface area contributed by atoms with E-state index in [4.69, 9.17) is 0 Å². The van der Waals surface area contributed by atoms with Gasteiger partial charge in [0, 0.05) is 23.6 Å². The quantitative estimate of drug-likeness (QED) is 0.841. The number of ketones is 1. The molecule has 2 heterocycles. The molecule has 3 rings (SSSR count). The Morgan fingerprint density at radius 1 is 1.21 bits per heavy atom. The summed E-state index contributed by atoms with van der Waals surface area (Å²) in [6.45, 7) is 2.13. The lowest BCUT2D eigenvalue weighted by Gasteiger charge is -2.40. The molecule has 1 aromatic carbocycles. The molecule has 19 heavy (non-hydrogen) atoms. The van der Waals surface area contributed by atoms with Gasteiger partial charge in [-0.05, 0) is 37.7 Å². The summed E-state index contributed by atoms with van der Waals surface area (Å²) < 4.78 is 0. The molecule has 0 aromatic heterocycles. The zero-order valence-electron chi connectivity index (χ0n) is 11.7. The van der Waals surface area contributed by atoms with E-state index in [-0.39, 0.29) is 5.92 Å². The maximum atomic E-state index is 12.8. The van der Waals surface area contributed by atoms with Gasteiger partial charge in [-0.25, -0.2) is 0 Å². The van der Waals surface area contributed by atoms with Crippen molar-refractivity contribution >= 4 is 5.78 Å². The van der Waals surface area contributed by atoms with Gasteiger partial charge in [-0.15, -0.1) is 0 Å². The van der Waals surface area contributed by atoms with Crippen molar-refractivity contribution in [3.63, 3.8) is 0 Å². The summed E-state index contributed by atoms with van der Waals surface area (Å²) in [5.74, 6) is 0.625. The molecule has 2 atom stereocenters. The van der Waals surface area contributed by atoms with Crippen LogP contribution in [-0.4, -0.2) is 17.9 Å². The number of nitrogens with one attached hydrogen (secondary N) is 1. The molecular weight excluding hydrogens is 234 g/mol. The molecule has 2 aliphatic rings. The summed E-state index contributed by atoms with van der Waals surface area (Å²) in [6, 6.07) is 9.29. The fraction of sp³-hybridized carbons (Fsp3) is 0.588. The number of hydrogen-bond donors (Lipinski definition) is 1. The molecule has 2 heteroatoms. The maximum Gasteiger partial charge on any atom is 0.166 e. The molecule has 2 aliphatic heterocycles. The number of Topliss-reactive ketones (excluding diaryl/α,β-unsaturated/α-hetero) is 1. The summed E-state index contributed by atoms with van der Waals surface area (Å²) in [6.07, 6.45) is 6.83. The molecule has 0 spiro atoms. The minimum absolute atomic E-state index is 0.240. The van der Waals surface area contributed by atoms with Crippen molar-refractivity contribution in [2.24, 2.45) is 5.92 Å². The molecule has 0 saturated carbocycles. The molecular formula is C17H23NO. The van der Waals surface area contributed by atoms with Crippen LogP contribution in [0.25, 0.3) is 0 Å². The van der Waals surface area contributed by atoms with Gasteiger partial charge < -0.3 is 5.32 Å². The Labute approximate surface area is 115 Å². The van der Waals surface area contributed by atoms with Crippen LogP contribution in [0.1, 0.15) is 54.9 Å². The number of carbonyl (C=O) groups excluding carboxylic acids is 1. The molecule has 2 unspecified atom stereocenters. The van der Waals surface area contributed by atoms with Gasteiger partial charge in [0.1, 0.15) is 0 Å². The third kappa shape index (κ3) is 2.59. The van der Waals surface area contributed by atoms with E-state index in [9.17, 15) is 4.79 Å². The summed E-state index contributed by atoms with van der Waals surface area (Å²) in [5, 5.41) is 3.67. The number of hydrogen-bond acceptors (Lipinski definition) is 2. The van der Waals surface area contributed by atoms with Crippen LogP contribution in [0.15, 0.2) is 24.3 Å². The summed E-state index contributed by atoms with van der Waals surface area (Å²) in [4.78, 5) is 12.8. The van der Waals surface area contributed by atoms with Crippen LogP contribution in [0.3, 0.4) is 0 Å². The minimum Gasteiger partial charge on any atom is -0.311 e. The van der Waals surface area contributed by atoms with Gasteiger partial charge >= 0.3 is 0 Å². The predicted molar refractivity (Wildman–Crippen MR) is 77.4 cm³/mol. The van der Waals surface area contributed by atoms with E-state index in [1.807, 2.05) is 18.2 Å². The van der Waals surface area contributed by atoms with Gasteiger partial charge in [0.2, 0.25) is 0 Å². The molecule has 2 saturated heterocycles. The van der Waals surface area contributed by atoms with Crippen LogP contribution >= 0.6 is 0 Å². The van der Waals surface area contributed by atoms with Crippen LogP contribution < -0.4 is 5.32 Å². The Hall–Kier alpha value is -1.15. The van der Waals surface area contributed by atoms with Crippen molar-refractivity contribution in [2.45, 2.75) is 57.5 Å². The largest absolute Gasteiger partial charge is 0.311 e. The first kappa shape index (κ1) is 12.9. The molecule has 1 aromatic rings. The van der Waals surface area contributed by atoms with E-state index >= 15 is 0 Å². The summed E-state index contributed by atoms with van der Waals surface area (Å²) >= 11 is 0. The van der Waals surface area contributed by atoms with Crippen molar-refractivity contribution in [3.05, 3.63) is 35.4 Å². The van der Waals surface area contributed by atoms with Crippen molar-refractivity contribution in [2.75, 3.05) is 0 Å². The third-order valence-corrected chi connectivity index (χ3v) is 4.75. The second-order valence-electron chi connectivity index (χ2n) is 6.03. The lowest BCUT2D eigenvalue weighted by Crippen LogP contribution is -2.50. The average molecular weight is 257 g/mol. The molecule has 0 amide bonds. The van der Waals surface area contributed by atoms with Crippen LogP contribution in [0.2, 0.25) is 0 Å². The number of fused-ring (bicyclic) bond motifs is 2. The third-order valence-electron chi connectivity index (χ3n) is 4.75. The van der Waals surface area contributed by atoms with Gasteiger partial charge in [-0.2, -0.15) is 0 Å². The molecule has 2 fully saturated rings. The van der Waals surface area contributed by atoms with Crippen LogP contribution in [0, 0.1) is 5.92 Å². The van der Waals surface area contributed by atoms with Gasteiger partial charge in [0.05, 0.1) is 0 Å². The van der Waals surface area contributed by atoms with Crippen molar-refractivity contribution < 1.29 is 4.79 Å². The van der Waals surface area contributed by atoms with E-state index in [1.54, 1.807) is 0 Å². The van der Waals surface area contributed by atoms with Crippen molar-refractivity contribution in [1.29, 1.82) is 0 Å². The lowest BCUT2D eigenvalue weighted by molar-refractivity contribution is 0.0824. The highest BCUT2D eigenvalue weighted by atomic mass is 16.1. The molecule has 0 radical (unpaired) electrons. The van der Waals surface area contributed by atoms with E-state index in [1.165, 1.54) is 24.8 Å². The summed E-state index contributed by atoms with van der Waals surface area (Å²) in [7, 11) is 0. The first-order chi connectivity index (χ1) is 9.28. The van der Waals surface area contributed by atoms with Crippen LogP contribution in [0.5, 0.6) is 0 Å². The normalized spacial score (nSPS) is 30.1. The molecule has 2 bridgehead atoms. The van der Waals surface area contributed by atoms with Gasteiger partial charge in [0.15, 0.2) is 5.78 Å². The summed E-state index contributed by atoms with van der Waals surface area (Å²) in [5.41, 5.74) is 2.17. The second kappa shape index (κ2) is 5.46. The second-order valence-corrected chi connectivity index (χ2v) is 6.03. The smallest absolute Gasteiger partial charge is 0.166 e. The first-order valence-electron chi connectivity index (χ1n) is 7.66. The zero-order valence-corrected chi connectivity index (χ0v) is 11.7. The monoisotopic (exact) mass is 257 g/mol. The molecule has 1 N–H and O–H groups in total. The molecule has 0 aliphatic carbocycles. The minimum atomic E-state index is 0.240. The highest BCUT2D eigenvalue weighted by Crippen LogP contribution is 2.32. The number of benzene rings is 1. The number of carbonyl (C=O) groups is 1. The topological polar surface area (TPSA) is 29.1 Å². The number of rotatable bonds is 3. The van der Waals surface area contributed by atoms with Crippen LogP contribution in [0.4, 0.5) is 0 Å². The van der Waals surface area contributed by atoms with Crippen LogP contribution in [-0.2, 0) is 6.42 Å². The Morgan fingerprint density at radius 2 is 1.89 bits per heavy atom. The van der Waals surface area contributed by atoms with Crippen molar-refractivity contribution in [3.8, 4) is 0 Å². The highest BCUT2D eigenvalue weighted by molar-refractivity contribution is 5.99. The highest BCUT2D eigenvalue weighted by Gasteiger charge is 2.35. The lowest BCUT2D eigenvalue weighted by atomic mass is 9.76. The maximum absolute atomic E-state index is 12.8. The van der Waals surface area contributed by atoms with Gasteiger partial charge in [-0.1, -0.05) is 37.6 Å². The number of piperidine rings is 2. The Kier molecular flexibility index (Phi) is 3.69. The van der Waals surface area contributed by atoms with E-state index in [0.717, 1.165) is 24.8 Å². The molecule has 102 valence electrons. The zero-order chi connectivity index (χ0) is 13.2. The van der Waals surface area contributed by atoms with E-state index in [2.05, 4.69) is 18.3 Å². The predicted octanol–water partition coefficient (Wildman–Crippen LogP) is 3.35. The Bertz CT molecular complexity index is 456. The van der Waals surface area contributed by atoms with Gasteiger partial charge in [0.25, 0.3) is 0 Å².